The van der Waals surface area contributed by atoms with Crippen LogP contribution in [0.1, 0.15) is 113 Å². The molecule has 5 nitrogen and oxygen atoms in total. The minimum atomic E-state index is -0.401. The van der Waals surface area contributed by atoms with E-state index in [0.717, 1.165) is 44.9 Å². The molecular formula is C33H50N2O3. The first-order chi connectivity index (χ1) is 17.6. The minimum absolute atomic E-state index is 0.0402. The number of allylic oxidation sites excluding steroid dienone is 2. The van der Waals surface area contributed by atoms with Crippen molar-refractivity contribution in [1.82, 2.24) is 5.32 Å². The summed E-state index contributed by atoms with van der Waals surface area (Å²) in [5.74, 6) is 0.764. The Morgan fingerprint density at radius 2 is 1.76 bits per heavy atom. The summed E-state index contributed by atoms with van der Waals surface area (Å²) in [5.41, 5.74) is -0.593. The Balaban J connectivity index is 1.71. The highest BCUT2D eigenvalue weighted by molar-refractivity contribution is 6.01. The van der Waals surface area contributed by atoms with E-state index in [9.17, 15) is 19.6 Å². The van der Waals surface area contributed by atoms with Crippen molar-refractivity contribution in [1.29, 1.82) is 5.26 Å². The lowest BCUT2D eigenvalue weighted by Gasteiger charge is -2.65. The first kappa shape index (κ1) is 29.0. The molecule has 0 spiro atoms. The van der Waals surface area contributed by atoms with E-state index in [2.05, 4.69) is 52.9 Å². The number of amides is 1. The number of nitrogens with one attached hydrogen (secondary N) is 1. The highest BCUT2D eigenvalue weighted by atomic mass is 16.2. The van der Waals surface area contributed by atoms with Gasteiger partial charge in [-0.1, -0.05) is 54.5 Å². The average Bonchev–Trinajstić information content (AvgIpc) is 2.82. The molecular weight excluding hydrogens is 472 g/mol. The molecule has 1 N–H and O–H groups in total. The van der Waals surface area contributed by atoms with Gasteiger partial charge in [0, 0.05) is 25.3 Å². The lowest BCUT2D eigenvalue weighted by Crippen LogP contribution is -2.61. The standard InChI is InChI=1S/C33H50N2O3/c1-9-35-28(38)33(14-12-29(4,5)17-21(33)2)15-13-30(6)19-24(36)16-26-31(7)18-23(20-34)27(37)22(3)25(31)10-11-32(26,30)8/h18,21-22,25-26H,9-17,19H2,1-8H3,(H,35,38)/t21?,22-,25-,26+,30+,31-,32+,33-/m0/s1. The number of nitriles is 1. The van der Waals surface area contributed by atoms with Crippen LogP contribution in [0.25, 0.3) is 0 Å². The molecule has 0 heterocycles. The van der Waals surface area contributed by atoms with Gasteiger partial charge >= 0.3 is 0 Å². The Morgan fingerprint density at radius 1 is 1.08 bits per heavy atom. The second-order valence-corrected chi connectivity index (χ2v) is 15.1. The molecule has 0 aromatic carbocycles. The fourth-order valence-electron chi connectivity index (χ4n) is 9.85. The largest absolute Gasteiger partial charge is 0.356 e. The molecule has 38 heavy (non-hydrogen) atoms. The van der Waals surface area contributed by atoms with Crippen molar-refractivity contribution in [3.63, 3.8) is 0 Å². The third-order valence-corrected chi connectivity index (χ3v) is 12.5. The molecule has 1 unspecified atom stereocenters. The Kier molecular flexibility index (Phi) is 7.33. The van der Waals surface area contributed by atoms with Crippen LogP contribution in [0.15, 0.2) is 11.6 Å². The monoisotopic (exact) mass is 522 g/mol. The van der Waals surface area contributed by atoms with Crippen molar-refractivity contribution >= 4 is 17.5 Å². The normalized spacial score (nSPS) is 44.3. The summed E-state index contributed by atoms with van der Waals surface area (Å²) in [6.45, 7) is 18.4. The maximum Gasteiger partial charge on any atom is 0.226 e. The van der Waals surface area contributed by atoms with Crippen molar-refractivity contribution in [3.8, 4) is 6.07 Å². The zero-order valence-electron chi connectivity index (χ0n) is 25.1. The molecule has 0 aromatic heterocycles. The Morgan fingerprint density at radius 3 is 2.37 bits per heavy atom. The van der Waals surface area contributed by atoms with Crippen LogP contribution in [0.4, 0.5) is 0 Å². The number of fused-ring (bicyclic) bond motifs is 3. The molecule has 0 aromatic rings. The minimum Gasteiger partial charge on any atom is -0.356 e. The summed E-state index contributed by atoms with van der Waals surface area (Å²) >= 11 is 0. The van der Waals surface area contributed by atoms with Gasteiger partial charge in [-0.15, -0.1) is 0 Å². The zero-order valence-corrected chi connectivity index (χ0v) is 25.1. The van der Waals surface area contributed by atoms with Crippen LogP contribution in [0.5, 0.6) is 0 Å². The number of ketones is 2. The number of hydrogen-bond donors (Lipinski definition) is 1. The second-order valence-electron chi connectivity index (χ2n) is 15.1. The third kappa shape index (κ3) is 4.29. The fourth-order valence-corrected chi connectivity index (χ4v) is 9.85. The topological polar surface area (TPSA) is 87.0 Å². The summed E-state index contributed by atoms with van der Waals surface area (Å²) in [6, 6.07) is 2.17. The van der Waals surface area contributed by atoms with Gasteiger partial charge < -0.3 is 5.32 Å². The molecule has 0 bridgehead atoms. The summed E-state index contributed by atoms with van der Waals surface area (Å²) in [7, 11) is 0. The molecule has 4 rings (SSSR count). The number of carbonyl (C=O) groups excluding carboxylic acids is 3. The van der Waals surface area contributed by atoms with E-state index in [1.54, 1.807) is 0 Å². The maximum atomic E-state index is 13.7. The highest BCUT2D eigenvalue weighted by Gasteiger charge is 2.64. The molecule has 1 amide bonds. The van der Waals surface area contributed by atoms with E-state index in [0.29, 0.717) is 19.4 Å². The van der Waals surface area contributed by atoms with E-state index >= 15 is 0 Å². The molecule has 8 atom stereocenters. The third-order valence-electron chi connectivity index (χ3n) is 12.5. The molecule has 5 heteroatoms. The molecule has 0 radical (unpaired) electrons. The van der Waals surface area contributed by atoms with Crippen LogP contribution in [0, 0.1) is 62.1 Å². The summed E-state index contributed by atoms with van der Waals surface area (Å²) in [5, 5.41) is 12.9. The smallest absolute Gasteiger partial charge is 0.226 e. The van der Waals surface area contributed by atoms with Gasteiger partial charge in [0.05, 0.1) is 11.0 Å². The van der Waals surface area contributed by atoms with Crippen LogP contribution in [0.2, 0.25) is 0 Å². The Hall–Kier alpha value is -1.96. The summed E-state index contributed by atoms with van der Waals surface area (Å²) in [4.78, 5) is 40.0. The van der Waals surface area contributed by atoms with Crippen LogP contribution >= 0.6 is 0 Å². The Labute approximate surface area is 230 Å². The van der Waals surface area contributed by atoms with Gasteiger partial charge in [0.15, 0.2) is 5.78 Å². The van der Waals surface area contributed by atoms with Crippen molar-refractivity contribution < 1.29 is 14.4 Å². The number of rotatable bonds is 5. The van der Waals surface area contributed by atoms with Crippen LogP contribution in [-0.2, 0) is 14.4 Å². The predicted molar refractivity (Wildman–Crippen MR) is 150 cm³/mol. The van der Waals surface area contributed by atoms with Gasteiger partial charge in [0.25, 0.3) is 0 Å². The number of carbonyl (C=O) groups is 3. The van der Waals surface area contributed by atoms with E-state index in [1.807, 2.05) is 19.9 Å². The van der Waals surface area contributed by atoms with E-state index < -0.39 is 5.41 Å². The first-order valence-electron chi connectivity index (χ1n) is 15.1. The molecule has 4 aliphatic carbocycles. The summed E-state index contributed by atoms with van der Waals surface area (Å²) in [6.07, 6.45) is 9.54. The van der Waals surface area contributed by atoms with E-state index in [-0.39, 0.29) is 68.4 Å². The molecule has 0 saturated heterocycles. The van der Waals surface area contributed by atoms with Crippen LogP contribution < -0.4 is 5.32 Å². The predicted octanol–water partition coefficient (Wildman–Crippen LogP) is 6.81. The van der Waals surface area contributed by atoms with Gasteiger partial charge in [-0.2, -0.15) is 5.26 Å². The summed E-state index contributed by atoms with van der Waals surface area (Å²) < 4.78 is 0. The van der Waals surface area contributed by atoms with E-state index in [1.165, 1.54) is 0 Å². The fraction of sp³-hybridized carbons (Fsp3) is 0.818. The van der Waals surface area contributed by atoms with E-state index in [4.69, 9.17) is 0 Å². The van der Waals surface area contributed by atoms with Gasteiger partial charge in [-0.05, 0) is 91.3 Å². The van der Waals surface area contributed by atoms with Crippen LogP contribution in [-0.4, -0.2) is 24.0 Å². The zero-order chi connectivity index (χ0) is 28.3. The molecule has 210 valence electrons. The van der Waals surface area contributed by atoms with Crippen LogP contribution in [0.3, 0.4) is 0 Å². The van der Waals surface area contributed by atoms with Crippen molar-refractivity contribution in [2.45, 2.75) is 113 Å². The second kappa shape index (κ2) is 9.60. The van der Waals surface area contributed by atoms with Gasteiger partial charge in [0.2, 0.25) is 5.91 Å². The Bertz CT molecular complexity index is 1080. The highest BCUT2D eigenvalue weighted by Crippen LogP contribution is 2.69. The lowest BCUT2D eigenvalue weighted by molar-refractivity contribution is -0.169. The van der Waals surface area contributed by atoms with Gasteiger partial charge in [0.1, 0.15) is 11.9 Å². The lowest BCUT2D eigenvalue weighted by atomic mass is 9.38. The SMILES string of the molecule is CCNC(=O)[C@]1(CC[C@]2(C)CC(=O)C[C@@H]3[C@@]4(C)C=C(C#N)C(=O)[C@@H](C)[C@@H]4CC[C@]32C)CCC(C)(C)CC1C. The molecule has 0 aliphatic heterocycles. The molecule has 3 fully saturated rings. The molecule has 3 saturated carbocycles. The van der Waals surface area contributed by atoms with Crippen molar-refractivity contribution in [3.05, 3.63) is 11.6 Å². The van der Waals surface area contributed by atoms with Crippen molar-refractivity contribution in [2.24, 2.45) is 50.7 Å². The maximum absolute atomic E-state index is 13.7. The van der Waals surface area contributed by atoms with Crippen molar-refractivity contribution in [2.75, 3.05) is 6.54 Å². The number of nitrogens with zero attached hydrogens (tertiary/aromatic N) is 1. The van der Waals surface area contributed by atoms with Gasteiger partial charge in [-0.25, -0.2) is 0 Å². The number of Topliss-reactive ketones (excluding diaryl/α,β-unsaturated/α-hetero) is 2. The molecule has 4 aliphatic rings. The number of hydrogen-bond acceptors (Lipinski definition) is 4. The van der Waals surface area contributed by atoms with Gasteiger partial charge in [-0.3, -0.25) is 14.4 Å². The quantitative estimate of drug-likeness (QED) is 0.429. The first-order valence-corrected chi connectivity index (χ1v) is 15.1. The average molecular weight is 523 g/mol.